The van der Waals surface area contributed by atoms with E-state index in [2.05, 4.69) is 10.3 Å². The van der Waals surface area contributed by atoms with Gasteiger partial charge in [-0.25, -0.2) is 9.37 Å². The predicted molar refractivity (Wildman–Crippen MR) is 132 cm³/mol. The molecule has 4 rings (SSSR count). The van der Waals surface area contributed by atoms with Crippen LogP contribution in [0, 0.1) is 0 Å². The third-order valence-corrected chi connectivity index (χ3v) is 9.08. The Bertz CT molecular complexity index is 1120. The van der Waals surface area contributed by atoms with Crippen molar-refractivity contribution in [1.29, 1.82) is 0 Å². The number of fused-ring (bicyclic) bond motifs is 1. The highest BCUT2D eigenvalue weighted by Crippen LogP contribution is 2.46. The Morgan fingerprint density at radius 3 is 2.66 bits per heavy atom. The lowest BCUT2D eigenvalue weighted by Crippen LogP contribution is -2.49. The molecule has 2 amide bonds. The van der Waals surface area contributed by atoms with Gasteiger partial charge in [0.15, 0.2) is 5.82 Å². The van der Waals surface area contributed by atoms with Gasteiger partial charge < -0.3 is 19.5 Å². The molecule has 1 aliphatic heterocycles. The summed E-state index contributed by atoms with van der Waals surface area (Å²) in [5.41, 5.74) is 1.25. The molecule has 1 aliphatic carbocycles. The van der Waals surface area contributed by atoms with Crippen molar-refractivity contribution in [1.82, 2.24) is 19.8 Å². The van der Waals surface area contributed by atoms with Crippen LogP contribution in [0.1, 0.15) is 53.4 Å². The van der Waals surface area contributed by atoms with E-state index >= 15 is 0 Å². The molecule has 2 aliphatic rings. The number of carbonyl (C=O) groups excluding carboxylic acids is 2. The quantitative estimate of drug-likeness (QED) is 0.456. The molecule has 8 nitrogen and oxygen atoms in total. The third-order valence-electron chi connectivity index (χ3n) is 6.38. The van der Waals surface area contributed by atoms with Crippen molar-refractivity contribution in [2.45, 2.75) is 49.3 Å². The van der Waals surface area contributed by atoms with Gasteiger partial charge in [0.05, 0.1) is 28.9 Å². The average Bonchev–Trinajstić information content (AvgIpc) is 3.48. The van der Waals surface area contributed by atoms with Crippen LogP contribution in [0.2, 0.25) is 5.02 Å². The van der Waals surface area contributed by atoms with Crippen molar-refractivity contribution in [2.24, 2.45) is 0 Å². The highest BCUT2D eigenvalue weighted by Gasteiger charge is 2.55. The molecular formula is C24H30ClFN4O4S. The summed E-state index contributed by atoms with van der Waals surface area (Å²) in [6.45, 7) is 4.82. The minimum Gasteiger partial charge on any atom is -0.377 e. The van der Waals surface area contributed by atoms with E-state index in [-0.39, 0.29) is 30.9 Å². The number of nitrogens with zero attached hydrogens (tertiary/aromatic N) is 3. The number of ether oxygens (including phenoxy) is 1. The van der Waals surface area contributed by atoms with E-state index in [4.69, 9.17) is 16.3 Å². The number of amides is 2. The molecule has 1 unspecified atom stereocenters. The number of hydrogen-bond donors (Lipinski definition) is 1. The van der Waals surface area contributed by atoms with E-state index in [0.717, 1.165) is 18.4 Å². The lowest BCUT2D eigenvalue weighted by molar-refractivity contribution is 0.0697. The summed E-state index contributed by atoms with van der Waals surface area (Å²) in [5, 5.41) is 3.45. The Kier molecular flexibility index (Phi) is 7.63. The van der Waals surface area contributed by atoms with Crippen LogP contribution < -0.4 is 5.32 Å². The second-order valence-corrected chi connectivity index (χ2v) is 12.6. The number of imidazole rings is 1. The van der Waals surface area contributed by atoms with Crippen molar-refractivity contribution in [3.05, 3.63) is 52.6 Å². The first-order chi connectivity index (χ1) is 16.7. The van der Waals surface area contributed by atoms with Gasteiger partial charge in [-0.3, -0.25) is 13.8 Å². The van der Waals surface area contributed by atoms with E-state index in [1.54, 1.807) is 21.6 Å². The van der Waals surface area contributed by atoms with Gasteiger partial charge in [-0.05, 0) is 44.4 Å². The maximum Gasteiger partial charge on any atom is 0.287 e. The first-order valence-corrected chi connectivity index (χ1v) is 13.1. The van der Waals surface area contributed by atoms with E-state index in [1.165, 1.54) is 6.20 Å². The fraction of sp³-hybridized carbons (Fsp3) is 0.542. The molecule has 0 spiro atoms. The zero-order valence-corrected chi connectivity index (χ0v) is 21.5. The molecule has 1 N–H and O–H groups in total. The van der Waals surface area contributed by atoms with Crippen molar-refractivity contribution in [2.75, 3.05) is 33.0 Å². The van der Waals surface area contributed by atoms with Gasteiger partial charge in [0, 0.05) is 42.0 Å². The summed E-state index contributed by atoms with van der Waals surface area (Å²) in [5.74, 6) is -0.393. The molecule has 190 valence electrons. The number of carbonyl (C=O) groups is 2. The van der Waals surface area contributed by atoms with Crippen molar-refractivity contribution < 1.29 is 22.9 Å². The van der Waals surface area contributed by atoms with Gasteiger partial charge in [-0.1, -0.05) is 23.7 Å². The molecule has 35 heavy (non-hydrogen) atoms. The molecule has 0 radical (unpaired) electrons. The second-order valence-electron chi connectivity index (χ2n) is 9.61. The van der Waals surface area contributed by atoms with Crippen LogP contribution in [-0.2, 0) is 28.6 Å². The number of rotatable bonds is 11. The molecule has 1 atom stereocenters. The maximum absolute atomic E-state index is 13.4. The normalized spacial score (nSPS) is 17.7. The lowest BCUT2D eigenvalue weighted by atomic mass is 10.2. The smallest absolute Gasteiger partial charge is 0.287 e. The number of benzene rings is 1. The molecule has 1 aromatic carbocycles. The molecule has 2 heterocycles. The van der Waals surface area contributed by atoms with Crippen LogP contribution in [0.4, 0.5) is 4.39 Å². The van der Waals surface area contributed by atoms with Crippen molar-refractivity contribution >= 4 is 34.2 Å². The molecule has 0 bridgehead atoms. The Morgan fingerprint density at radius 1 is 1.29 bits per heavy atom. The average molecular weight is 525 g/mol. The van der Waals surface area contributed by atoms with E-state index in [1.807, 2.05) is 26.0 Å². The minimum atomic E-state index is -1.27. The van der Waals surface area contributed by atoms with Gasteiger partial charge >= 0.3 is 0 Å². The van der Waals surface area contributed by atoms with Crippen molar-refractivity contribution in [3.63, 3.8) is 0 Å². The summed E-state index contributed by atoms with van der Waals surface area (Å²) >= 11 is 5.90. The van der Waals surface area contributed by atoms with E-state index in [9.17, 15) is 18.2 Å². The summed E-state index contributed by atoms with van der Waals surface area (Å²) in [7, 11) is -1.27. The van der Waals surface area contributed by atoms with E-state index < -0.39 is 27.0 Å². The summed E-state index contributed by atoms with van der Waals surface area (Å²) in [6.07, 6.45) is 2.94. The molecule has 1 aromatic heterocycles. The molecule has 11 heteroatoms. The SMILES string of the molecule is CC(C)(COCCF)S(=O)C1(CN2CCn3c(cnc3C(=O)NCc3ccc(Cl)cc3)C2=O)CC1. The maximum atomic E-state index is 13.4. The number of alkyl halides is 1. The Hall–Kier alpha value is -2.30. The summed E-state index contributed by atoms with van der Waals surface area (Å²) < 4.78 is 31.6. The van der Waals surface area contributed by atoms with Crippen LogP contribution >= 0.6 is 11.6 Å². The molecule has 1 fully saturated rings. The molecule has 0 saturated heterocycles. The first-order valence-electron chi connectivity index (χ1n) is 11.6. The minimum absolute atomic E-state index is 0.0160. The molecular weight excluding hydrogens is 495 g/mol. The number of halogens is 2. The van der Waals surface area contributed by atoms with Crippen molar-refractivity contribution in [3.8, 4) is 0 Å². The van der Waals surface area contributed by atoms with Gasteiger partial charge in [0.1, 0.15) is 12.4 Å². The topological polar surface area (TPSA) is 93.5 Å². The Labute approximate surface area is 211 Å². The fourth-order valence-electron chi connectivity index (χ4n) is 4.35. The van der Waals surface area contributed by atoms with Crippen LogP contribution in [0.25, 0.3) is 0 Å². The van der Waals surface area contributed by atoms with Gasteiger partial charge in [-0.15, -0.1) is 0 Å². The standard InChI is InChI=1S/C24H30ClFN4O4S/c1-23(2,16-34-12-9-26)35(33)24(7-8-24)15-29-10-11-30-19(22(29)32)14-27-20(30)21(31)28-13-17-3-5-18(25)6-4-17/h3-6,14H,7-13,15-16H2,1-2H3,(H,28,31). The monoisotopic (exact) mass is 524 g/mol. The number of aromatic nitrogens is 2. The van der Waals surface area contributed by atoms with Crippen LogP contribution in [0.15, 0.2) is 30.5 Å². The predicted octanol–water partition coefficient (Wildman–Crippen LogP) is 2.97. The highest BCUT2D eigenvalue weighted by atomic mass is 35.5. The number of nitrogens with one attached hydrogen (secondary N) is 1. The summed E-state index contributed by atoms with van der Waals surface area (Å²) in [6, 6.07) is 7.17. The largest absolute Gasteiger partial charge is 0.377 e. The number of hydrogen-bond acceptors (Lipinski definition) is 5. The van der Waals surface area contributed by atoms with Crippen LogP contribution in [0.5, 0.6) is 0 Å². The fourth-order valence-corrected chi connectivity index (χ4v) is 6.59. The summed E-state index contributed by atoms with van der Waals surface area (Å²) in [4.78, 5) is 31.9. The zero-order chi connectivity index (χ0) is 25.2. The lowest BCUT2D eigenvalue weighted by Gasteiger charge is -2.35. The molecule has 1 saturated carbocycles. The second kappa shape index (κ2) is 10.4. The van der Waals surface area contributed by atoms with Crippen LogP contribution in [-0.4, -0.2) is 72.9 Å². The van der Waals surface area contributed by atoms with Gasteiger partial charge in [0.25, 0.3) is 11.8 Å². The van der Waals surface area contributed by atoms with Gasteiger partial charge in [-0.2, -0.15) is 0 Å². The molecule has 2 aromatic rings. The van der Waals surface area contributed by atoms with E-state index in [0.29, 0.717) is 36.9 Å². The van der Waals surface area contributed by atoms with Crippen LogP contribution in [0.3, 0.4) is 0 Å². The first kappa shape index (κ1) is 25.8. The highest BCUT2D eigenvalue weighted by molar-refractivity contribution is 7.88. The van der Waals surface area contributed by atoms with Gasteiger partial charge in [0.2, 0.25) is 0 Å². The zero-order valence-electron chi connectivity index (χ0n) is 19.9. The Balaban J connectivity index is 1.39. The Morgan fingerprint density at radius 2 is 2.00 bits per heavy atom. The third kappa shape index (κ3) is 5.59.